The average molecular weight is 284 g/mol. The van der Waals surface area contributed by atoms with Crippen LogP contribution in [-0.2, 0) is 4.79 Å². The summed E-state index contributed by atoms with van der Waals surface area (Å²) in [6, 6.07) is 0. The molecule has 1 rings (SSSR count). The van der Waals surface area contributed by atoms with Gasteiger partial charge in [0.2, 0.25) is 5.91 Å². The van der Waals surface area contributed by atoms with Crippen LogP contribution in [0.3, 0.4) is 0 Å². The van der Waals surface area contributed by atoms with Gasteiger partial charge in [-0.3, -0.25) is 9.69 Å². The van der Waals surface area contributed by atoms with Gasteiger partial charge >= 0.3 is 0 Å². The Morgan fingerprint density at radius 1 is 1.15 bits per heavy atom. The smallest absolute Gasteiger partial charge is 0.236 e. The molecule has 0 aromatic rings. The zero-order valence-electron chi connectivity index (χ0n) is 13.5. The van der Waals surface area contributed by atoms with E-state index in [9.17, 15) is 4.79 Å². The number of hydrogen-bond donors (Lipinski definition) is 1. The first-order chi connectivity index (χ1) is 9.60. The molecule has 1 unspecified atom stereocenters. The quantitative estimate of drug-likeness (QED) is 0.738. The van der Waals surface area contributed by atoms with E-state index >= 15 is 0 Å². The second-order valence-electron chi connectivity index (χ2n) is 5.84. The van der Waals surface area contributed by atoms with Crippen LogP contribution < -0.4 is 5.73 Å². The standard InChI is InChI=1S/C15H32N4O/c1-4-19(5-2)15(20)13-18-8-6-7-17(9-10-18)12-14(3)11-16/h14H,4-13,16H2,1-3H3. The van der Waals surface area contributed by atoms with Gasteiger partial charge in [0, 0.05) is 32.7 Å². The first-order valence-corrected chi connectivity index (χ1v) is 8.03. The molecule has 1 amide bonds. The molecule has 5 heteroatoms. The highest BCUT2D eigenvalue weighted by Gasteiger charge is 2.19. The normalized spacial score (nSPS) is 19.6. The highest BCUT2D eigenvalue weighted by atomic mass is 16.2. The minimum Gasteiger partial charge on any atom is -0.342 e. The van der Waals surface area contributed by atoms with E-state index in [0.29, 0.717) is 12.5 Å². The van der Waals surface area contributed by atoms with E-state index in [2.05, 4.69) is 16.7 Å². The van der Waals surface area contributed by atoms with Gasteiger partial charge in [-0.2, -0.15) is 0 Å². The van der Waals surface area contributed by atoms with E-state index in [4.69, 9.17) is 5.73 Å². The van der Waals surface area contributed by atoms with Gasteiger partial charge in [-0.15, -0.1) is 0 Å². The molecule has 1 aliphatic rings. The zero-order valence-corrected chi connectivity index (χ0v) is 13.5. The largest absolute Gasteiger partial charge is 0.342 e. The van der Waals surface area contributed by atoms with Crippen molar-refractivity contribution in [1.82, 2.24) is 14.7 Å². The van der Waals surface area contributed by atoms with E-state index in [-0.39, 0.29) is 5.91 Å². The van der Waals surface area contributed by atoms with Crippen LogP contribution in [0.15, 0.2) is 0 Å². The molecule has 0 aromatic heterocycles. The molecule has 1 saturated heterocycles. The summed E-state index contributed by atoms with van der Waals surface area (Å²) < 4.78 is 0. The van der Waals surface area contributed by atoms with Crippen LogP contribution in [0, 0.1) is 5.92 Å². The summed E-state index contributed by atoms with van der Waals surface area (Å²) in [6.07, 6.45) is 1.14. The third-order valence-electron chi connectivity index (χ3n) is 4.13. The lowest BCUT2D eigenvalue weighted by atomic mass is 10.1. The Hall–Kier alpha value is -0.650. The third kappa shape index (κ3) is 5.77. The molecule has 118 valence electrons. The number of carbonyl (C=O) groups is 1. The van der Waals surface area contributed by atoms with Crippen molar-refractivity contribution in [2.24, 2.45) is 11.7 Å². The van der Waals surface area contributed by atoms with Crippen LogP contribution in [-0.4, -0.2) is 79.5 Å². The van der Waals surface area contributed by atoms with Crippen LogP contribution in [0.25, 0.3) is 0 Å². The second kappa shape index (κ2) is 9.32. The predicted molar refractivity (Wildman–Crippen MR) is 83.6 cm³/mol. The van der Waals surface area contributed by atoms with E-state index in [0.717, 1.165) is 58.8 Å². The van der Waals surface area contributed by atoms with Gasteiger partial charge in [0.25, 0.3) is 0 Å². The maximum atomic E-state index is 12.1. The summed E-state index contributed by atoms with van der Waals surface area (Å²) in [4.78, 5) is 18.8. The first-order valence-electron chi connectivity index (χ1n) is 8.03. The minimum atomic E-state index is 0.263. The highest BCUT2D eigenvalue weighted by molar-refractivity contribution is 5.78. The van der Waals surface area contributed by atoms with Gasteiger partial charge in [-0.1, -0.05) is 6.92 Å². The molecule has 1 aliphatic heterocycles. The molecule has 1 fully saturated rings. The van der Waals surface area contributed by atoms with Crippen LogP contribution in [0.5, 0.6) is 0 Å². The molecule has 0 radical (unpaired) electrons. The minimum absolute atomic E-state index is 0.263. The Morgan fingerprint density at radius 2 is 1.75 bits per heavy atom. The number of nitrogens with zero attached hydrogens (tertiary/aromatic N) is 3. The second-order valence-corrected chi connectivity index (χ2v) is 5.84. The Morgan fingerprint density at radius 3 is 2.35 bits per heavy atom. The fourth-order valence-corrected chi connectivity index (χ4v) is 2.75. The van der Waals surface area contributed by atoms with Crippen molar-refractivity contribution < 1.29 is 4.79 Å². The summed E-state index contributed by atoms with van der Waals surface area (Å²) in [5.74, 6) is 0.817. The number of rotatable bonds is 7. The predicted octanol–water partition coefficient (Wildman–Crippen LogP) is 0.457. The molecule has 0 aliphatic carbocycles. The van der Waals surface area contributed by atoms with Crippen LogP contribution in [0.1, 0.15) is 27.2 Å². The van der Waals surface area contributed by atoms with Crippen LogP contribution in [0.4, 0.5) is 0 Å². The van der Waals surface area contributed by atoms with Gasteiger partial charge in [0.1, 0.15) is 0 Å². The number of nitrogens with two attached hydrogens (primary N) is 1. The lowest BCUT2D eigenvalue weighted by molar-refractivity contribution is -0.132. The Balaban J connectivity index is 2.38. The number of likely N-dealkylation sites (N-methyl/N-ethyl adjacent to an activating group) is 1. The highest BCUT2D eigenvalue weighted by Crippen LogP contribution is 2.06. The van der Waals surface area contributed by atoms with Crippen molar-refractivity contribution in [2.75, 3.05) is 58.9 Å². The van der Waals surface area contributed by atoms with E-state index < -0.39 is 0 Å². The summed E-state index contributed by atoms with van der Waals surface area (Å²) in [6.45, 7) is 14.5. The van der Waals surface area contributed by atoms with Gasteiger partial charge < -0.3 is 15.5 Å². The molecular formula is C15H32N4O. The van der Waals surface area contributed by atoms with E-state index in [1.807, 2.05) is 18.7 Å². The summed E-state index contributed by atoms with van der Waals surface area (Å²) >= 11 is 0. The maximum Gasteiger partial charge on any atom is 0.236 e. The molecule has 2 N–H and O–H groups in total. The molecular weight excluding hydrogens is 252 g/mol. The first kappa shape index (κ1) is 17.4. The lowest BCUT2D eigenvalue weighted by Crippen LogP contribution is -2.42. The van der Waals surface area contributed by atoms with Crippen LogP contribution in [0.2, 0.25) is 0 Å². The topological polar surface area (TPSA) is 52.8 Å². The molecule has 20 heavy (non-hydrogen) atoms. The van der Waals surface area contributed by atoms with Gasteiger partial charge in [0.15, 0.2) is 0 Å². The molecule has 0 saturated carbocycles. The lowest BCUT2D eigenvalue weighted by Gasteiger charge is -2.25. The monoisotopic (exact) mass is 284 g/mol. The Bertz CT molecular complexity index is 281. The van der Waals surface area contributed by atoms with Crippen molar-refractivity contribution >= 4 is 5.91 Å². The van der Waals surface area contributed by atoms with Gasteiger partial charge in [-0.25, -0.2) is 0 Å². The summed E-state index contributed by atoms with van der Waals surface area (Å²) in [5.41, 5.74) is 5.70. The van der Waals surface area contributed by atoms with Crippen LogP contribution >= 0.6 is 0 Å². The molecule has 0 spiro atoms. The fraction of sp³-hybridized carbons (Fsp3) is 0.933. The summed E-state index contributed by atoms with van der Waals surface area (Å²) in [7, 11) is 0. The van der Waals surface area contributed by atoms with Gasteiger partial charge in [0.05, 0.1) is 6.54 Å². The van der Waals surface area contributed by atoms with Crippen molar-refractivity contribution in [2.45, 2.75) is 27.2 Å². The van der Waals surface area contributed by atoms with E-state index in [1.165, 1.54) is 0 Å². The third-order valence-corrected chi connectivity index (χ3v) is 4.13. The SMILES string of the molecule is CCN(CC)C(=O)CN1CCCN(CC(C)CN)CC1. The Labute approximate surface area is 124 Å². The zero-order chi connectivity index (χ0) is 15.0. The average Bonchev–Trinajstić information content (AvgIpc) is 2.65. The number of hydrogen-bond acceptors (Lipinski definition) is 4. The van der Waals surface area contributed by atoms with Crippen molar-refractivity contribution in [3.8, 4) is 0 Å². The molecule has 0 aromatic carbocycles. The summed E-state index contributed by atoms with van der Waals surface area (Å²) in [5, 5.41) is 0. The van der Waals surface area contributed by atoms with Crippen molar-refractivity contribution in [1.29, 1.82) is 0 Å². The molecule has 0 bridgehead atoms. The molecule has 1 atom stereocenters. The number of amides is 1. The van der Waals surface area contributed by atoms with Gasteiger partial charge in [-0.05, 0) is 45.8 Å². The van der Waals surface area contributed by atoms with Crippen molar-refractivity contribution in [3.63, 3.8) is 0 Å². The fourth-order valence-electron chi connectivity index (χ4n) is 2.75. The van der Waals surface area contributed by atoms with E-state index in [1.54, 1.807) is 0 Å². The molecule has 1 heterocycles. The van der Waals surface area contributed by atoms with Crippen molar-refractivity contribution in [3.05, 3.63) is 0 Å². The molecule has 5 nitrogen and oxygen atoms in total. The number of carbonyl (C=O) groups excluding carboxylic acids is 1. The Kier molecular flexibility index (Phi) is 8.11. The maximum absolute atomic E-state index is 12.1.